The molecular weight excluding hydrogens is 342 g/mol. The van der Waals surface area contributed by atoms with E-state index in [1.165, 1.54) is 6.92 Å². The summed E-state index contributed by atoms with van der Waals surface area (Å²) in [5.74, 6) is -0.0896. The number of hydrogen-bond acceptors (Lipinski definition) is 3. The molecule has 0 bridgehead atoms. The molecule has 7 heteroatoms. The van der Waals surface area contributed by atoms with Gasteiger partial charge >= 0.3 is 0 Å². The Kier molecular flexibility index (Phi) is 4.73. The van der Waals surface area contributed by atoms with E-state index in [4.69, 9.17) is 11.6 Å². The molecule has 3 rings (SSSR count). The molecule has 2 aliphatic rings. The normalized spacial score (nSPS) is 24.0. The molecule has 134 valence electrons. The topological polar surface area (TPSA) is 60.9 Å². The van der Waals surface area contributed by atoms with Crippen LogP contribution in [0, 0.1) is 5.41 Å². The van der Waals surface area contributed by atoms with Crippen LogP contribution in [0.15, 0.2) is 24.3 Å². The molecular formula is C18H22ClN3O3. The third-order valence-electron chi connectivity index (χ3n) is 5.02. The first-order chi connectivity index (χ1) is 11.8. The summed E-state index contributed by atoms with van der Waals surface area (Å²) in [7, 11) is 1.77. The van der Waals surface area contributed by atoms with E-state index < -0.39 is 5.41 Å². The van der Waals surface area contributed by atoms with Gasteiger partial charge in [-0.2, -0.15) is 0 Å². The van der Waals surface area contributed by atoms with Crippen molar-refractivity contribution >= 4 is 29.3 Å². The second-order valence-electron chi connectivity index (χ2n) is 7.10. The smallest absolute Gasteiger partial charge is 0.253 e. The van der Waals surface area contributed by atoms with Crippen molar-refractivity contribution < 1.29 is 14.4 Å². The molecule has 2 saturated heterocycles. The molecule has 3 amide bonds. The maximum absolute atomic E-state index is 12.9. The van der Waals surface area contributed by atoms with E-state index in [9.17, 15) is 14.4 Å². The van der Waals surface area contributed by atoms with E-state index in [1.54, 1.807) is 46.0 Å². The first kappa shape index (κ1) is 17.7. The van der Waals surface area contributed by atoms with E-state index in [-0.39, 0.29) is 17.7 Å². The zero-order valence-electron chi connectivity index (χ0n) is 14.5. The van der Waals surface area contributed by atoms with Gasteiger partial charge in [-0.25, -0.2) is 0 Å². The highest BCUT2D eigenvalue weighted by Crippen LogP contribution is 2.35. The average molecular weight is 364 g/mol. The fraction of sp³-hybridized carbons (Fsp3) is 0.500. The lowest BCUT2D eigenvalue weighted by atomic mass is 9.85. The van der Waals surface area contributed by atoms with Gasteiger partial charge in [0.1, 0.15) is 0 Å². The summed E-state index contributed by atoms with van der Waals surface area (Å²) >= 11 is 6.01. The van der Waals surface area contributed by atoms with Crippen molar-refractivity contribution in [1.29, 1.82) is 0 Å². The Hall–Kier alpha value is -2.08. The van der Waals surface area contributed by atoms with E-state index >= 15 is 0 Å². The summed E-state index contributed by atoms with van der Waals surface area (Å²) in [4.78, 5) is 42.2. The molecule has 0 aromatic heterocycles. The number of benzene rings is 1. The molecule has 0 saturated carbocycles. The van der Waals surface area contributed by atoms with Gasteiger partial charge in [-0.15, -0.1) is 0 Å². The Morgan fingerprint density at radius 3 is 2.40 bits per heavy atom. The minimum atomic E-state index is -0.414. The fourth-order valence-electron chi connectivity index (χ4n) is 3.82. The van der Waals surface area contributed by atoms with Crippen LogP contribution in [-0.2, 0) is 9.59 Å². The molecule has 2 heterocycles. The fourth-order valence-corrected chi connectivity index (χ4v) is 4.01. The zero-order valence-corrected chi connectivity index (χ0v) is 15.3. The number of carbonyl (C=O) groups excluding carboxylic acids is 3. The second kappa shape index (κ2) is 6.67. The van der Waals surface area contributed by atoms with E-state index in [2.05, 4.69) is 0 Å². The number of carbonyl (C=O) groups is 3. The molecule has 0 radical (unpaired) electrons. The molecule has 0 aliphatic carbocycles. The lowest BCUT2D eigenvalue weighted by Crippen LogP contribution is -2.44. The van der Waals surface area contributed by atoms with Crippen LogP contribution < -0.4 is 0 Å². The highest BCUT2D eigenvalue weighted by atomic mass is 35.5. The molecule has 2 aliphatic heterocycles. The van der Waals surface area contributed by atoms with Gasteiger partial charge < -0.3 is 14.7 Å². The largest absolute Gasteiger partial charge is 0.345 e. The summed E-state index contributed by atoms with van der Waals surface area (Å²) in [5.41, 5.74) is 0.110. The Morgan fingerprint density at radius 1 is 1.12 bits per heavy atom. The number of halogens is 1. The molecule has 2 fully saturated rings. The third-order valence-corrected chi connectivity index (χ3v) is 5.26. The Labute approximate surface area is 152 Å². The quantitative estimate of drug-likeness (QED) is 0.759. The summed E-state index contributed by atoms with van der Waals surface area (Å²) in [5, 5.41) is 0.511. The van der Waals surface area contributed by atoms with Crippen molar-refractivity contribution in [3.63, 3.8) is 0 Å². The van der Waals surface area contributed by atoms with Gasteiger partial charge in [0.05, 0.1) is 0 Å². The monoisotopic (exact) mass is 363 g/mol. The first-order valence-corrected chi connectivity index (χ1v) is 8.72. The van der Waals surface area contributed by atoms with Crippen LogP contribution >= 0.6 is 11.6 Å². The molecule has 0 N–H and O–H groups in total. The predicted octanol–water partition coefficient (Wildman–Crippen LogP) is 1.49. The van der Waals surface area contributed by atoms with Crippen molar-refractivity contribution in [2.75, 3.05) is 39.8 Å². The predicted molar refractivity (Wildman–Crippen MR) is 94.3 cm³/mol. The van der Waals surface area contributed by atoms with Gasteiger partial charge in [-0.3, -0.25) is 14.4 Å². The van der Waals surface area contributed by atoms with Gasteiger partial charge in [-0.1, -0.05) is 17.7 Å². The minimum Gasteiger partial charge on any atom is -0.345 e. The minimum absolute atomic E-state index is 0.0292. The van der Waals surface area contributed by atoms with Crippen molar-refractivity contribution in [3.8, 4) is 0 Å². The lowest BCUT2D eigenvalue weighted by Gasteiger charge is -2.33. The lowest BCUT2D eigenvalue weighted by molar-refractivity contribution is -0.130. The van der Waals surface area contributed by atoms with Crippen LogP contribution in [0.25, 0.3) is 0 Å². The van der Waals surface area contributed by atoms with Gasteiger partial charge in [0, 0.05) is 69.1 Å². The van der Waals surface area contributed by atoms with Gasteiger partial charge in [0.15, 0.2) is 0 Å². The Balaban J connectivity index is 1.89. The highest BCUT2D eigenvalue weighted by Gasteiger charge is 2.46. The number of rotatable bonds is 1. The van der Waals surface area contributed by atoms with Crippen LogP contribution in [0.1, 0.15) is 23.7 Å². The van der Waals surface area contributed by atoms with Gasteiger partial charge in [0.2, 0.25) is 11.8 Å². The molecule has 6 nitrogen and oxygen atoms in total. The third kappa shape index (κ3) is 3.63. The number of hydrogen-bond donors (Lipinski definition) is 0. The number of amides is 3. The van der Waals surface area contributed by atoms with Crippen molar-refractivity contribution in [3.05, 3.63) is 34.9 Å². The van der Waals surface area contributed by atoms with Gasteiger partial charge in [0.25, 0.3) is 5.91 Å². The summed E-state index contributed by atoms with van der Waals surface area (Å²) < 4.78 is 0. The summed E-state index contributed by atoms with van der Waals surface area (Å²) in [6, 6.07) is 6.86. The molecule has 25 heavy (non-hydrogen) atoms. The first-order valence-electron chi connectivity index (χ1n) is 8.34. The highest BCUT2D eigenvalue weighted by molar-refractivity contribution is 6.30. The van der Waals surface area contributed by atoms with E-state index in [0.717, 1.165) is 0 Å². The number of likely N-dealkylation sites (tertiary alicyclic amines) is 1. The van der Waals surface area contributed by atoms with Crippen LogP contribution in [-0.4, -0.2) is 72.2 Å². The number of nitrogens with zero attached hydrogens (tertiary/aromatic N) is 3. The molecule has 1 unspecified atom stereocenters. The molecule has 1 aromatic rings. The van der Waals surface area contributed by atoms with E-state index in [1.807, 2.05) is 0 Å². The van der Waals surface area contributed by atoms with Crippen molar-refractivity contribution in [1.82, 2.24) is 14.7 Å². The zero-order chi connectivity index (χ0) is 18.2. The SMILES string of the molecule is CC(=O)N1CCN(C(=O)c2cccc(Cl)c2)CC2(CC(=O)N(C)C2)C1. The maximum atomic E-state index is 12.9. The molecule has 1 spiro atoms. The van der Waals surface area contributed by atoms with Crippen LogP contribution in [0.3, 0.4) is 0 Å². The Bertz CT molecular complexity index is 723. The van der Waals surface area contributed by atoms with Gasteiger partial charge in [-0.05, 0) is 18.2 Å². The van der Waals surface area contributed by atoms with E-state index in [0.29, 0.717) is 49.7 Å². The second-order valence-corrected chi connectivity index (χ2v) is 7.54. The summed E-state index contributed by atoms with van der Waals surface area (Å²) in [6.45, 7) is 3.96. The molecule has 1 atom stereocenters. The van der Waals surface area contributed by atoms with Crippen LogP contribution in [0.2, 0.25) is 5.02 Å². The summed E-state index contributed by atoms with van der Waals surface area (Å²) in [6.07, 6.45) is 0.354. The van der Waals surface area contributed by atoms with Crippen LogP contribution in [0.5, 0.6) is 0 Å². The average Bonchev–Trinajstić information content (AvgIpc) is 2.72. The maximum Gasteiger partial charge on any atom is 0.253 e. The molecule has 1 aromatic carbocycles. The Morgan fingerprint density at radius 2 is 1.80 bits per heavy atom. The van der Waals surface area contributed by atoms with Crippen LogP contribution in [0.4, 0.5) is 0 Å². The standard InChI is InChI=1S/C18H22ClN3O3/c1-13(23)21-6-7-22(17(25)14-4-3-5-15(19)8-14)12-18(11-21)9-16(24)20(2)10-18/h3-5,8H,6-7,9-12H2,1-2H3. The van der Waals surface area contributed by atoms with Crippen molar-refractivity contribution in [2.45, 2.75) is 13.3 Å². The van der Waals surface area contributed by atoms with Crippen molar-refractivity contribution in [2.24, 2.45) is 5.41 Å².